The van der Waals surface area contributed by atoms with Crippen molar-refractivity contribution in [1.82, 2.24) is 0 Å². The first-order valence-electron chi connectivity index (χ1n) is 17.8. The molecule has 0 saturated heterocycles. The Labute approximate surface area is 278 Å². The number of hydrogen-bond acceptors (Lipinski definition) is 1. The molecular weight excluding hydrogens is 553 g/mol. The Morgan fingerprint density at radius 2 is 1.07 bits per heavy atom. The van der Waals surface area contributed by atoms with E-state index in [4.69, 9.17) is 0 Å². The molecule has 0 amide bonds. The number of rotatable bonds is 1. The van der Waals surface area contributed by atoms with Crippen LogP contribution in [0.4, 0.5) is 17.1 Å². The van der Waals surface area contributed by atoms with E-state index in [1.165, 1.54) is 92.5 Å². The van der Waals surface area contributed by atoms with Crippen LogP contribution in [0.25, 0.3) is 0 Å². The Balaban J connectivity index is 1.48. The van der Waals surface area contributed by atoms with Crippen LogP contribution in [0, 0.1) is 6.92 Å². The average Bonchev–Trinajstić information content (AvgIpc) is 2.99. The molecule has 2 aliphatic heterocycles. The average molecular weight is 606 g/mol. The van der Waals surface area contributed by atoms with Crippen LogP contribution in [0.5, 0.6) is 0 Å². The maximum atomic E-state index is 2.67. The minimum absolute atomic E-state index is 0.0780. The van der Waals surface area contributed by atoms with Gasteiger partial charge >= 0.3 is 0 Å². The number of hydrogen-bond donors (Lipinski definition) is 0. The molecule has 0 saturated carbocycles. The molecule has 236 valence electrons. The van der Waals surface area contributed by atoms with Gasteiger partial charge < -0.3 is 4.90 Å². The molecule has 2 aliphatic carbocycles. The van der Waals surface area contributed by atoms with Crippen molar-refractivity contribution in [3.05, 3.63) is 106 Å². The largest absolute Gasteiger partial charge is 0.311 e. The van der Waals surface area contributed by atoms with E-state index in [-0.39, 0.29) is 33.8 Å². The molecule has 0 N–H and O–H groups in total. The number of aryl methyl sites for hydroxylation is 1. The molecule has 1 nitrogen and oxygen atoms in total. The molecule has 8 rings (SSSR count). The summed E-state index contributed by atoms with van der Waals surface area (Å²) in [6, 6.07) is 27.2. The predicted molar refractivity (Wildman–Crippen MR) is 200 cm³/mol. The lowest BCUT2D eigenvalue weighted by molar-refractivity contribution is 0.332. The van der Waals surface area contributed by atoms with Crippen LogP contribution >= 0.6 is 0 Å². The molecule has 0 bridgehead atoms. The van der Waals surface area contributed by atoms with Crippen LogP contribution < -0.4 is 21.3 Å². The number of benzene rings is 4. The predicted octanol–water partition coefficient (Wildman–Crippen LogP) is 9.63. The maximum absolute atomic E-state index is 2.67. The summed E-state index contributed by atoms with van der Waals surface area (Å²) in [6.45, 7) is 27.0. The SMILES string of the molecule is Cc1ccc2c(c1)B1c3cc4c(cc3N(c3ccc5c(c3)C(C)(C)CCC5(C)C)c3cccc(c31)C2(C)C)C(C)(C)CCC4(C)C. The lowest BCUT2D eigenvalue weighted by Gasteiger charge is -2.48. The zero-order valence-corrected chi connectivity index (χ0v) is 30.2. The third-order valence-corrected chi connectivity index (χ3v) is 13.1. The highest BCUT2D eigenvalue weighted by atomic mass is 15.2. The number of fused-ring (bicyclic) bond motifs is 6. The zero-order chi connectivity index (χ0) is 32.8. The Hall–Kier alpha value is -3.26. The second kappa shape index (κ2) is 9.21. The highest BCUT2D eigenvalue weighted by Crippen LogP contribution is 2.51. The van der Waals surface area contributed by atoms with Crippen LogP contribution in [-0.4, -0.2) is 6.71 Å². The van der Waals surface area contributed by atoms with Crippen molar-refractivity contribution in [2.75, 3.05) is 4.90 Å². The van der Waals surface area contributed by atoms with Gasteiger partial charge in [0.05, 0.1) is 0 Å². The lowest BCUT2D eigenvalue weighted by Crippen LogP contribution is -2.64. The van der Waals surface area contributed by atoms with Gasteiger partial charge in [-0.1, -0.05) is 123 Å². The minimum atomic E-state index is -0.0780. The molecule has 2 heteroatoms. The summed E-state index contributed by atoms with van der Waals surface area (Å²) in [7, 11) is 0. The van der Waals surface area contributed by atoms with Crippen molar-refractivity contribution in [2.24, 2.45) is 0 Å². The second-order valence-corrected chi connectivity index (χ2v) is 18.4. The Morgan fingerprint density at radius 3 is 1.72 bits per heavy atom. The smallest absolute Gasteiger partial charge is 0.247 e. The standard InChI is InChI=1S/C44H52BN/c1-27-15-17-30-35(23-27)45-36-25-33-34(43(8,9)22-21-42(33,6)7)26-38(36)46(37-14-12-13-31(39(37)45)44(30,10)11)28-16-18-29-32(24-28)41(4,5)20-19-40(29,2)3/h12-18,23-26H,19-22H2,1-11H3. The van der Waals surface area contributed by atoms with Crippen molar-refractivity contribution >= 4 is 40.2 Å². The van der Waals surface area contributed by atoms with Crippen LogP contribution in [-0.2, 0) is 27.1 Å². The summed E-state index contributed by atoms with van der Waals surface area (Å²) < 4.78 is 0. The van der Waals surface area contributed by atoms with Gasteiger partial charge in [-0.25, -0.2) is 0 Å². The fourth-order valence-corrected chi connectivity index (χ4v) is 9.88. The summed E-state index contributed by atoms with van der Waals surface area (Å²) in [5.74, 6) is 0. The van der Waals surface area contributed by atoms with E-state index in [1.807, 2.05) is 0 Å². The molecule has 0 spiro atoms. The molecular formula is C44H52BN. The van der Waals surface area contributed by atoms with E-state index in [2.05, 4.69) is 148 Å². The second-order valence-electron chi connectivity index (χ2n) is 18.4. The monoisotopic (exact) mass is 605 g/mol. The van der Waals surface area contributed by atoms with Gasteiger partial charge in [-0.05, 0) is 123 Å². The first-order valence-corrected chi connectivity index (χ1v) is 17.8. The highest BCUT2D eigenvalue weighted by molar-refractivity contribution is 6.99. The molecule has 0 aromatic heterocycles. The Morgan fingerprint density at radius 1 is 0.500 bits per heavy atom. The molecule has 4 aromatic carbocycles. The molecule has 0 atom stereocenters. The molecule has 4 aromatic rings. The van der Waals surface area contributed by atoms with Crippen molar-refractivity contribution in [3.8, 4) is 0 Å². The van der Waals surface area contributed by atoms with Crippen molar-refractivity contribution in [2.45, 2.75) is 129 Å². The molecule has 0 unspecified atom stereocenters. The van der Waals surface area contributed by atoms with Crippen molar-refractivity contribution in [3.63, 3.8) is 0 Å². The van der Waals surface area contributed by atoms with Gasteiger partial charge in [-0.2, -0.15) is 0 Å². The summed E-state index contributed by atoms with van der Waals surface area (Å²) in [5, 5.41) is 0. The van der Waals surface area contributed by atoms with E-state index in [0.717, 1.165) is 0 Å². The molecule has 0 fully saturated rings. The third-order valence-electron chi connectivity index (χ3n) is 13.1. The van der Waals surface area contributed by atoms with Gasteiger partial charge in [-0.3, -0.25) is 0 Å². The highest BCUT2D eigenvalue weighted by Gasteiger charge is 2.48. The quantitative estimate of drug-likeness (QED) is 0.172. The third kappa shape index (κ3) is 4.01. The topological polar surface area (TPSA) is 3.24 Å². The molecule has 4 aliphatic rings. The van der Waals surface area contributed by atoms with E-state index in [9.17, 15) is 0 Å². The van der Waals surface area contributed by atoms with Gasteiger partial charge in [0.15, 0.2) is 0 Å². The van der Waals surface area contributed by atoms with Gasteiger partial charge in [0, 0.05) is 22.5 Å². The fraction of sp³-hybridized carbons (Fsp3) is 0.455. The van der Waals surface area contributed by atoms with E-state index in [0.29, 0.717) is 0 Å². The van der Waals surface area contributed by atoms with Crippen LogP contribution in [0.1, 0.15) is 134 Å². The molecule has 46 heavy (non-hydrogen) atoms. The number of anilines is 3. The minimum Gasteiger partial charge on any atom is -0.311 e. The van der Waals surface area contributed by atoms with Gasteiger partial charge in [-0.15, -0.1) is 0 Å². The van der Waals surface area contributed by atoms with E-state index >= 15 is 0 Å². The maximum Gasteiger partial charge on any atom is 0.247 e. The van der Waals surface area contributed by atoms with Crippen molar-refractivity contribution < 1.29 is 0 Å². The first-order chi connectivity index (χ1) is 21.4. The Kier molecular flexibility index (Phi) is 6.03. The van der Waals surface area contributed by atoms with Crippen LogP contribution in [0.3, 0.4) is 0 Å². The normalized spacial score (nSPS) is 21.8. The zero-order valence-electron chi connectivity index (χ0n) is 30.2. The molecule has 2 heterocycles. The summed E-state index contributed by atoms with van der Waals surface area (Å²) in [6.07, 6.45) is 4.89. The Bertz CT molecular complexity index is 1950. The number of nitrogens with zero attached hydrogens (tertiary/aromatic N) is 1. The van der Waals surface area contributed by atoms with E-state index in [1.54, 1.807) is 5.56 Å². The van der Waals surface area contributed by atoms with Gasteiger partial charge in [0.2, 0.25) is 6.71 Å². The van der Waals surface area contributed by atoms with Gasteiger partial charge in [0.25, 0.3) is 0 Å². The van der Waals surface area contributed by atoms with Crippen LogP contribution in [0.15, 0.2) is 66.7 Å². The molecule has 0 radical (unpaired) electrons. The van der Waals surface area contributed by atoms with Gasteiger partial charge in [0.1, 0.15) is 0 Å². The summed E-state index contributed by atoms with van der Waals surface area (Å²) in [5.41, 5.74) is 19.5. The van der Waals surface area contributed by atoms with Crippen LogP contribution in [0.2, 0.25) is 0 Å². The first kappa shape index (κ1) is 30.1. The lowest BCUT2D eigenvalue weighted by atomic mass is 9.30. The van der Waals surface area contributed by atoms with E-state index < -0.39 is 0 Å². The summed E-state index contributed by atoms with van der Waals surface area (Å²) in [4.78, 5) is 2.66. The van der Waals surface area contributed by atoms with Crippen molar-refractivity contribution in [1.29, 1.82) is 0 Å². The fourth-order valence-electron chi connectivity index (χ4n) is 9.88. The summed E-state index contributed by atoms with van der Waals surface area (Å²) >= 11 is 0.